The van der Waals surface area contributed by atoms with Gasteiger partial charge in [0.1, 0.15) is 5.82 Å². The lowest BCUT2D eigenvalue weighted by Crippen LogP contribution is -2.41. The Labute approximate surface area is 191 Å². The summed E-state index contributed by atoms with van der Waals surface area (Å²) in [6.07, 6.45) is -0.650. The quantitative estimate of drug-likeness (QED) is 0.446. The van der Waals surface area contributed by atoms with Crippen molar-refractivity contribution in [2.24, 2.45) is 5.92 Å². The lowest BCUT2D eigenvalue weighted by molar-refractivity contribution is -0.152. The Morgan fingerprint density at radius 3 is 2.24 bits per heavy atom. The smallest absolute Gasteiger partial charge is 0.339 e. The van der Waals surface area contributed by atoms with Crippen LogP contribution in [0.25, 0.3) is 0 Å². The van der Waals surface area contributed by atoms with E-state index in [-0.39, 0.29) is 42.0 Å². The number of nitrogens with zero attached hydrogens (tertiary/aromatic N) is 1. The highest BCUT2D eigenvalue weighted by atomic mass is 32.2. The summed E-state index contributed by atoms with van der Waals surface area (Å²) in [6.45, 7) is 1.54. The zero-order valence-electron chi connectivity index (χ0n) is 18.2. The van der Waals surface area contributed by atoms with Crippen LogP contribution in [-0.4, -0.2) is 56.7 Å². The Morgan fingerprint density at radius 1 is 1.03 bits per heavy atom. The fourth-order valence-corrected chi connectivity index (χ4v) is 5.26. The molecule has 33 heavy (non-hydrogen) atoms. The Bertz CT molecular complexity index is 1140. The number of hydrogen-bond acceptors (Lipinski definition) is 7. The van der Waals surface area contributed by atoms with Crippen molar-refractivity contribution in [3.05, 3.63) is 65.5 Å². The van der Waals surface area contributed by atoms with Gasteiger partial charge >= 0.3 is 11.9 Å². The summed E-state index contributed by atoms with van der Waals surface area (Å²) in [5.41, 5.74) is 0.163. The van der Waals surface area contributed by atoms with E-state index in [9.17, 15) is 27.2 Å². The highest BCUT2D eigenvalue weighted by Crippen LogP contribution is 2.27. The Balaban J connectivity index is 1.62. The molecule has 0 saturated carbocycles. The molecular formula is C23H24FNO7S. The van der Waals surface area contributed by atoms with Crippen molar-refractivity contribution in [2.45, 2.75) is 30.8 Å². The van der Waals surface area contributed by atoms with Gasteiger partial charge in [0, 0.05) is 18.7 Å². The average molecular weight is 478 g/mol. The number of Topliss-reactive ketones (excluding diaryl/α,β-unsaturated/α-hetero) is 1. The number of esters is 2. The molecule has 1 atom stereocenters. The van der Waals surface area contributed by atoms with Crippen LogP contribution < -0.4 is 0 Å². The Kier molecular flexibility index (Phi) is 7.60. The number of ketones is 1. The minimum absolute atomic E-state index is 0.0535. The van der Waals surface area contributed by atoms with E-state index in [1.165, 1.54) is 48.7 Å². The SMILES string of the molecule is COC(=O)c1ccccc1S(=O)(=O)N1CCC(C(=O)O[C@@H](C)C(=O)c2ccc(F)cc2)CC1. The fourth-order valence-electron chi connectivity index (χ4n) is 3.61. The molecule has 0 spiro atoms. The lowest BCUT2D eigenvalue weighted by atomic mass is 9.98. The maximum Gasteiger partial charge on any atom is 0.339 e. The maximum absolute atomic E-state index is 13.1. The van der Waals surface area contributed by atoms with E-state index in [2.05, 4.69) is 4.74 Å². The summed E-state index contributed by atoms with van der Waals surface area (Å²) >= 11 is 0. The van der Waals surface area contributed by atoms with Gasteiger partial charge in [0.2, 0.25) is 15.8 Å². The second-order valence-electron chi connectivity index (χ2n) is 7.62. The number of sulfonamides is 1. The zero-order valence-corrected chi connectivity index (χ0v) is 19.0. The van der Waals surface area contributed by atoms with E-state index in [1.807, 2.05) is 0 Å². The molecule has 3 rings (SSSR count). The molecule has 1 heterocycles. The minimum atomic E-state index is -3.98. The van der Waals surface area contributed by atoms with Crippen molar-refractivity contribution >= 4 is 27.7 Å². The van der Waals surface area contributed by atoms with Crippen molar-refractivity contribution in [3.63, 3.8) is 0 Å². The van der Waals surface area contributed by atoms with Crippen LogP contribution in [0.5, 0.6) is 0 Å². The van der Waals surface area contributed by atoms with Gasteiger partial charge in [0.15, 0.2) is 6.10 Å². The second-order valence-corrected chi connectivity index (χ2v) is 9.52. The zero-order chi connectivity index (χ0) is 24.2. The molecule has 0 unspecified atom stereocenters. The molecule has 10 heteroatoms. The number of carbonyl (C=O) groups is 3. The van der Waals surface area contributed by atoms with Crippen molar-refractivity contribution in [1.29, 1.82) is 0 Å². The van der Waals surface area contributed by atoms with Gasteiger partial charge in [-0.25, -0.2) is 17.6 Å². The van der Waals surface area contributed by atoms with Crippen molar-refractivity contribution in [2.75, 3.05) is 20.2 Å². The molecule has 0 bridgehead atoms. The molecule has 2 aromatic carbocycles. The molecule has 0 aliphatic carbocycles. The van der Waals surface area contributed by atoms with Gasteiger partial charge in [-0.15, -0.1) is 0 Å². The van der Waals surface area contributed by atoms with Gasteiger partial charge in [-0.05, 0) is 56.2 Å². The van der Waals surface area contributed by atoms with Crippen LogP contribution in [-0.2, 0) is 24.3 Å². The molecule has 0 amide bonds. The molecular weight excluding hydrogens is 453 g/mol. The standard InChI is InChI=1S/C23H24FNO7S/c1-15(21(26)16-7-9-18(24)10-8-16)32-22(27)17-11-13-25(14-12-17)33(29,30)20-6-4-3-5-19(20)23(28)31-2/h3-10,15,17H,11-14H2,1-2H3/t15-/m0/s1. The summed E-state index contributed by atoms with van der Waals surface area (Å²) in [7, 11) is -2.81. The Hall–Kier alpha value is -3.11. The van der Waals surface area contributed by atoms with Crippen molar-refractivity contribution in [3.8, 4) is 0 Å². The minimum Gasteiger partial charge on any atom is -0.465 e. The van der Waals surface area contributed by atoms with Gasteiger partial charge in [-0.1, -0.05) is 12.1 Å². The molecule has 1 aliphatic rings. The highest BCUT2D eigenvalue weighted by Gasteiger charge is 2.35. The van der Waals surface area contributed by atoms with Crippen LogP contribution in [0.4, 0.5) is 4.39 Å². The Morgan fingerprint density at radius 2 is 1.64 bits per heavy atom. The highest BCUT2D eigenvalue weighted by molar-refractivity contribution is 7.89. The number of benzene rings is 2. The van der Waals surface area contributed by atoms with Crippen LogP contribution in [0, 0.1) is 11.7 Å². The van der Waals surface area contributed by atoms with Crippen LogP contribution >= 0.6 is 0 Å². The van der Waals surface area contributed by atoms with Crippen LogP contribution in [0.2, 0.25) is 0 Å². The molecule has 0 N–H and O–H groups in total. The van der Waals surface area contributed by atoms with Crippen molar-refractivity contribution < 1.29 is 36.7 Å². The molecule has 176 valence electrons. The number of ether oxygens (including phenoxy) is 2. The van der Waals surface area contributed by atoms with Gasteiger partial charge in [-0.3, -0.25) is 9.59 Å². The molecule has 0 aromatic heterocycles. The number of piperidine rings is 1. The summed E-state index contributed by atoms with van der Waals surface area (Å²) in [4.78, 5) is 36.8. The third-order valence-corrected chi connectivity index (χ3v) is 7.45. The predicted molar refractivity (Wildman–Crippen MR) is 116 cm³/mol. The average Bonchev–Trinajstić information content (AvgIpc) is 2.83. The van der Waals surface area contributed by atoms with Crippen LogP contribution in [0.1, 0.15) is 40.5 Å². The van der Waals surface area contributed by atoms with Gasteiger partial charge < -0.3 is 9.47 Å². The topological polar surface area (TPSA) is 107 Å². The third-order valence-electron chi connectivity index (χ3n) is 5.49. The van der Waals surface area contributed by atoms with E-state index in [0.717, 1.165) is 12.1 Å². The third kappa shape index (κ3) is 5.45. The molecule has 1 saturated heterocycles. The second kappa shape index (κ2) is 10.2. The van der Waals surface area contributed by atoms with E-state index >= 15 is 0 Å². The van der Waals surface area contributed by atoms with Crippen LogP contribution in [0.15, 0.2) is 53.4 Å². The van der Waals surface area contributed by atoms with E-state index in [1.54, 1.807) is 6.07 Å². The molecule has 2 aromatic rings. The summed E-state index contributed by atoms with van der Waals surface area (Å²) in [6, 6.07) is 10.7. The first kappa shape index (κ1) is 24.5. The predicted octanol–water partition coefficient (Wildman–Crippen LogP) is 2.83. The van der Waals surface area contributed by atoms with E-state index in [4.69, 9.17) is 4.74 Å². The van der Waals surface area contributed by atoms with Crippen molar-refractivity contribution in [1.82, 2.24) is 4.31 Å². The number of methoxy groups -OCH3 is 1. The first-order chi connectivity index (χ1) is 15.6. The molecule has 0 radical (unpaired) electrons. The summed E-state index contributed by atoms with van der Waals surface area (Å²) < 4.78 is 50.4. The first-order valence-corrected chi connectivity index (χ1v) is 11.8. The number of rotatable bonds is 7. The van der Waals surface area contributed by atoms with Crippen LogP contribution in [0.3, 0.4) is 0 Å². The van der Waals surface area contributed by atoms with E-state index in [0.29, 0.717) is 0 Å². The van der Waals surface area contributed by atoms with E-state index < -0.39 is 45.6 Å². The van der Waals surface area contributed by atoms with Gasteiger partial charge in [-0.2, -0.15) is 4.31 Å². The maximum atomic E-state index is 13.1. The van der Waals surface area contributed by atoms with Gasteiger partial charge in [0.05, 0.1) is 23.5 Å². The van der Waals surface area contributed by atoms with Gasteiger partial charge in [0.25, 0.3) is 0 Å². The molecule has 1 fully saturated rings. The molecule has 1 aliphatic heterocycles. The number of carbonyl (C=O) groups excluding carboxylic acids is 3. The summed E-state index contributed by atoms with van der Waals surface area (Å²) in [5, 5.41) is 0. The number of hydrogen-bond donors (Lipinski definition) is 0. The lowest BCUT2D eigenvalue weighted by Gasteiger charge is -2.31. The fraction of sp³-hybridized carbons (Fsp3) is 0.348. The monoisotopic (exact) mass is 477 g/mol. The molecule has 8 nitrogen and oxygen atoms in total. The number of halogens is 1. The first-order valence-electron chi connectivity index (χ1n) is 10.3. The normalized spacial score (nSPS) is 16.1. The largest absolute Gasteiger partial charge is 0.465 e. The summed E-state index contributed by atoms with van der Waals surface area (Å²) in [5.74, 6) is -2.86.